The smallest absolute Gasteiger partial charge is 0.361 e. The Morgan fingerprint density at radius 2 is 1.03 bits per heavy atom. The van der Waals surface area contributed by atoms with Crippen LogP contribution in [0, 0.1) is 0 Å². The van der Waals surface area contributed by atoms with Crippen molar-refractivity contribution in [3.05, 3.63) is 97.1 Å². The zero-order valence-electron chi connectivity index (χ0n) is 17.1. The molecule has 0 radical (unpaired) electrons. The molecular weight excluding hydrogens is 356 g/mol. The van der Waals surface area contributed by atoms with Gasteiger partial charge in [-0.05, 0) is 62.7 Å². The first-order chi connectivity index (χ1) is 14.0. The molecule has 0 spiro atoms. The van der Waals surface area contributed by atoms with E-state index in [2.05, 4.69) is 69.3 Å². The van der Waals surface area contributed by atoms with E-state index in [9.17, 15) is 0 Å². The predicted octanol–water partition coefficient (Wildman–Crippen LogP) is 7.74. The molecule has 0 unspecified atom stereocenters. The minimum atomic E-state index is -0.214. The van der Waals surface area contributed by atoms with Crippen LogP contribution in [0.3, 0.4) is 0 Å². The van der Waals surface area contributed by atoms with Gasteiger partial charge < -0.3 is 4.74 Å². The molecule has 3 aromatic carbocycles. The molecule has 0 fully saturated rings. The first-order valence-corrected chi connectivity index (χ1v) is 9.86. The average Bonchev–Trinajstić information content (AvgIpc) is 2.74. The first-order valence-electron chi connectivity index (χ1n) is 9.86. The second-order valence-electron chi connectivity index (χ2n) is 8.05. The number of ether oxygens (including phenoxy) is 1. The van der Waals surface area contributed by atoms with Gasteiger partial charge >= 0.3 is 11.5 Å². The summed E-state index contributed by atoms with van der Waals surface area (Å²) in [4.78, 5) is 0. The first kappa shape index (κ1) is 18.9. The van der Waals surface area contributed by atoms with Gasteiger partial charge in [0.15, 0.2) is 0 Å². The van der Waals surface area contributed by atoms with Gasteiger partial charge in [0, 0.05) is 5.56 Å². The van der Waals surface area contributed by atoms with Gasteiger partial charge in [-0.2, -0.15) is 0 Å². The van der Waals surface area contributed by atoms with Crippen LogP contribution in [0.1, 0.15) is 20.8 Å². The number of benzene rings is 3. The highest BCUT2D eigenvalue weighted by molar-refractivity contribution is 5.74. The Balaban J connectivity index is 1.78. The molecule has 1 aromatic heterocycles. The van der Waals surface area contributed by atoms with Crippen LogP contribution in [-0.2, 0) is 0 Å². The van der Waals surface area contributed by atoms with E-state index in [1.165, 1.54) is 0 Å². The van der Waals surface area contributed by atoms with E-state index in [0.717, 1.165) is 39.5 Å². The van der Waals surface area contributed by atoms with Crippen LogP contribution in [0.25, 0.3) is 33.8 Å². The minimum absolute atomic E-state index is 0.214. The van der Waals surface area contributed by atoms with Crippen molar-refractivity contribution in [2.45, 2.75) is 26.4 Å². The molecule has 0 amide bonds. The van der Waals surface area contributed by atoms with E-state index < -0.39 is 0 Å². The molecule has 144 valence electrons. The van der Waals surface area contributed by atoms with Crippen molar-refractivity contribution < 1.29 is 9.15 Å². The molecule has 0 aliphatic carbocycles. The molecule has 4 rings (SSSR count). The molecule has 0 atom stereocenters. The molecule has 2 heteroatoms. The van der Waals surface area contributed by atoms with Crippen molar-refractivity contribution in [1.29, 1.82) is 0 Å². The summed E-state index contributed by atoms with van der Waals surface area (Å²) in [6.45, 7) is 6.16. The van der Waals surface area contributed by atoms with Crippen molar-refractivity contribution >= 4 is 0 Å². The predicted molar refractivity (Wildman–Crippen MR) is 120 cm³/mol. The molecule has 0 saturated heterocycles. The SMILES string of the molecule is CC(C)(C)Oc1ccc(-c2cc(-c3ccccc3)[o+]c(-c3ccccc3)c2)cc1. The zero-order valence-corrected chi connectivity index (χ0v) is 17.1. The van der Waals surface area contributed by atoms with Crippen molar-refractivity contribution in [1.82, 2.24) is 0 Å². The summed E-state index contributed by atoms with van der Waals surface area (Å²) < 4.78 is 12.2. The maximum absolute atomic E-state index is 6.28. The fraction of sp³-hybridized carbons (Fsp3) is 0.148. The molecule has 0 aliphatic rings. The van der Waals surface area contributed by atoms with Crippen LogP contribution in [0.2, 0.25) is 0 Å². The van der Waals surface area contributed by atoms with Crippen LogP contribution in [0.5, 0.6) is 5.75 Å². The number of hydrogen-bond donors (Lipinski definition) is 0. The summed E-state index contributed by atoms with van der Waals surface area (Å²) in [6, 6.07) is 32.8. The molecule has 29 heavy (non-hydrogen) atoms. The van der Waals surface area contributed by atoms with E-state index >= 15 is 0 Å². The molecule has 2 nitrogen and oxygen atoms in total. The average molecular weight is 381 g/mol. The molecule has 1 heterocycles. The number of rotatable bonds is 4. The fourth-order valence-corrected chi connectivity index (χ4v) is 3.23. The molecule has 0 N–H and O–H groups in total. The van der Waals surface area contributed by atoms with E-state index in [0.29, 0.717) is 0 Å². The standard InChI is InChI=1S/C27H25O2/c1-27(2,3)29-24-16-14-20(15-17-24)23-18-25(21-10-6-4-7-11-21)28-26(19-23)22-12-8-5-9-13-22/h4-19H,1-3H3/q+1. The lowest BCUT2D eigenvalue weighted by molar-refractivity contribution is 0.131. The maximum Gasteiger partial charge on any atom is 0.361 e. The molecular formula is C27H25O2+. The Bertz CT molecular complexity index is 1020. The van der Waals surface area contributed by atoms with E-state index in [4.69, 9.17) is 9.15 Å². The lowest BCUT2D eigenvalue weighted by Gasteiger charge is -2.21. The molecule has 0 saturated carbocycles. The normalized spacial score (nSPS) is 11.3. The van der Waals surface area contributed by atoms with Gasteiger partial charge in [0.2, 0.25) is 0 Å². The van der Waals surface area contributed by atoms with Gasteiger partial charge in [-0.15, -0.1) is 0 Å². The van der Waals surface area contributed by atoms with E-state index in [1.54, 1.807) is 0 Å². The second-order valence-corrected chi connectivity index (χ2v) is 8.05. The Morgan fingerprint density at radius 3 is 1.48 bits per heavy atom. The molecule has 0 aliphatic heterocycles. The van der Waals surface area contributed by atoms with Gasteiger partial charge in [0.05, 0.1) is 23.3 Å². The summed E-state index contributed by atoms with van der Waals surface area (Å²) in [5, 5.41) is 0. The van der Waals surface area contributed by atoms with Crippen LogP contribution in [-0.4, -0.2) is 5.60 Å². The molecule has 0 bridgehead atoms. The van der Waals surface area contributed by atoms with Gasteiger partial charge in [-0.25, -0.2) is 4.42 Å². The van der Waals surface area contributed by atoms with Crippen molar-refractivity contribution in [3.8, 4) is 39.5 Å². The maximum atomic E-state index is 6.28. The quantitative estimate of drug-likeness (QED) is 0.337. The van der Waals surface area contributed by atoms with Gasteiger partial charge in [-0.3, -0.25) is 0 Å². The highest BCUT2D eigenvalue weighted by atomic mass is 16.5. The summed E-state index contributed by atoms with van der Waals surface area (Å²) >= 11 is 0. The monoisotopic (exact) mass is 381 g/mol. The lowest BCUT2D eigenvalue weighted by Crippen LogP contribution is -2.22. The lowest BCUT2D eigenvalue weighted by atomic mass is 10.0. The Kier molecular flexibility index (Phi) is 5.18. The summed E-state index contributed by atoms with van der Waals surface area (Å²) in [5.41, 5.74) is 4.12. The summed E-state index contributed by atoms with van der Waals surface area (Å²) in [5.74, 6) is 2.56. The van der Waals surface area contributed by atoms with E-state index in [1.807, 2.05) is 48.5 Å². The van der Waals surface area contributed by atoms with Crippen LogP contribution >= 0.6 is 0 Å². The number of hydrogen-bond acceptors (Lipinski definition) is 1. The van der Waals surface area contributed by atoms with Crippen molar-refractivity contribution in [3.63, 3.8) is 0 Å². The highest BCUT2D eigenvalue weighted by Gasteiger charge is 2.20. The Morgan fingerprint density at radius 1 is 0.552 bits per heavy atom. The van der Waals surface area contributed by atoms with Gasteiger partial charge in [0.25, 0.3) is 0 Å². The summed E-state index contributed by atoms with van der Waals surface area (Å²) in [6.07, 6.45) is 0. The summed E-state index contributed by atoms with van der Waals surface area (Å²) in [7, 11) is 0. The highest BCUT2D eigenvalue weighted by Crippen LogP contribution is 2.33. The largest absolute Gasteiger partial charge is 0.488 e. The van der Waals surface area contributed by atoms with Crippen molar-refractivity contribution in [2.24, 2.45) is 0 Å². The third kappa shape index (κ3) is 4.72. The van der Waals surface area contributed by atoms with Crippen LogP contribution in [0.15, 0.2) is 101 Å². The van der Waals surface area contributed by atoms with Crippen molar-refractivity contribution in [2.75, 3.05) is 0 Å². The van der Waals surface area contributed by atoms with Gasteiger partial charge in [0.1, 0.15) is 11.4 Å². The third-order valence-electron chi connectivity index (χ3n) is 4.52. The fourth-order valence-electron chi connectivity index (χ4n) is 3.23. The van der Waals surface area contributed by atoms with E-state index in [-0.39, 0.29) is 5.60 Å². The minimum Gasteiger partial charge on any atom is -0.488 e. The molecule has 4 aromatic rings. The Labute approximate surface area is 172 Å². The van der Waals surface area contributed by atoms with Gasteiger partial charge in [-0.1, -0.05) is 48.5 Å². The van der Waals surface area contributed by atoms with Crippen LogP contribution < -0.4 is 4.74 Å². The second kappa shape index (κ2) is 7.92. The third-order valence-corrected chi connectivity index (χ3v) is 4.52. The van der Waals surface area contributed by atoms with Crippen LogP contribution in [0.4, 0.5) is 0 Å². The Hall–Kier alpha value is -3.39. The topological polar surface area (TPSA) is 20.5 Å². The zero-order chi connectivity index (χ0) is 20.3.